The summed E-state index contributed by atoms with van der Waals surface area (Å²) in [7, 11) is 0. The summed E-state index contributed by atoms with van der Waals surface area (Å²) >= 11 is 0. The molecule has 0 unspecified atom stereocenters. The van der Waals surface area contributed by atoms with E-state index in [1.165, 1.54) is 45.7 Å². The Morgan fingerprint density at radius 2 is 1.78 bits per heavy atom. The number of aromatic amines is 1. The van der Waals surface area contributed by atoms with Crippen LogP contribution in [0.5, 0.6) is 0 Å². The van der Waals surface area contributed by atoms with Crippen LogP contribution in [0.2, 0.25) is 0 Å². The number of hydrogen-bond acceptors (Lipinski definition) is 3. The molecular weight excluding hydrogens is 332 g/mol. The molecule has 1 aliphatic rings. The summed E-state index contributed by atoms with van der Waals surface area (Å²) in [5, 5.41) is 12.2. The van der Waals surface area contributed by atoms with Crippen LogP contribution in [0.1, 0.15) is 24.0 Å². The third kappa shape index (κ3) is 2.19. The summed E-state index contributed by atoms with van der Waals surface area (Å²) in [5.74, 6) is 0. The molecule has 130 valence electrons. The summed E-state index contributed by atoms with van der Waals surface area (Å²) in [5.41, 5.74) is 7.33. The van der Waals surface area contributed by atoms with Crippen LogP contribution in [0.15, 0.2) is 55.0 Å². The first-order chi connectivity index (χ1) is 13.4. The maximum Gasteiger partial charge on any atom is 0.0744 e. The van der Waals surface area contributed by atoms with Gasteiger partial charge in [-0.1, -0.05) is 12.1 Å². The molecule has 1 aliphatic carbocycles. The van der Waals surface area contributed by atoms with Gasteiger partial charge in [0.15, 0.2) is 0 Å². The minimum atomic E-state index is 1.06. The molecule has 5 aromatic rings. The molecule has 0 radical (unpaired) electrons. The fraction of sp³-hybridized carbons (Fsp3) is 0.174. The zero-order valence-electron chi connectivity index (χ0n) is 14.9. The first-order valence-corrected chi connectivity index (χ1v) is 9.50. The van der Waals surface area contributed by atoms with E-state index >= 15 is 0 Å². The molecular formula is C23H18N4. The fourth-order valence-corrected chi connectivity index (χ4v) is 4.52. The molecule has 2 aromatic carbocycles. The Hall–Kier alpha value is -3.27. The lowest BCUT2D eigenvalue weighted by molar-refractivity contribution is 0.689. The maximum absolute atomic E-state index is 5.13. The van der Waals surface area contributed by atoms with Crippen molar-refractivity contribution >= 4 is 32.6 Å². The number of aryl methyl sites for hydroxylation is 1. The second-order valence-electron chi connectivity index (χ2n) is 7.35. The third-order valence-corrected chi connectivity index (χ3v) is 5.80. The zero-order valence-corrected chi connectivity index (χ0v) is 14.9. The number of aromatic nitrogens is 4. The van der Waals surface area contributed by atoms with Crippen LogP contribution in [0, 0.1) is 0 Å². The van der Waals surface area contributed by atoms with Gasteiger partial charge in [-0.15, -0.1) is 0 Å². The lowest BCUT2D eigenvalue weighted by Crippen LogP contribution is -2.07. The Bertz CT molecular complexity index is 1330. The normalized spacial score (nSPS) is 14.1. The van der Waals surface area contributed by atoms with E-state index in [4.69, 9.17) is 4.98 Å². The minimum Gasteiger partial charge on any atom is -0.278 e. The van der Waals surface area contributed by atoms with Crippen molar-refractivity contribution in [1.82, 2.24) is 20.2 Å². The number of H-pyrrole nitrogens is 1. The van der Waals surface area contributed by atoms with E-state index in [1.54, 1.807) is 0 Å². The molecule has 0 aliphatic heterocycles. The molecule has 0 atom stereocenters. The van der Waals surface area contributed by atoms with Crippen LogP contribution in [-0.2, 0) is 12.8 Å². The van der Waals surface area contributed by atoms with Crippen molar-refractivity contribution in [3.63, 3.8) is 0 Å². The lowest BCUT2D eigenvalue weighted by Gasteiger charge is -2.22. The molecule has 0 fully saturated rings. The van der Waals surface area contributed by atoms with Gasteiger partial charge in [-0.3, -0.25) is 10.1 Å². The molecule has 0 amide bonds. The highest BCUT2D eigenvalue weighted by Gasteiger charge is 2.21. The van der Waals surface area contributed by atoms with E-state index in [9.17, 15) is 0 Å². The van der Waals surface area contributed by atoms with Crippen LogP contribution in [0.25, 0.3) is 43.8 Å². The quantitative estimate of drug-likeness (QED) is 0.452. The topological polar surface area (TPSA) is 54.5 Å². The van der Waals surface area contributed by atoms with Gasteiger partial charge < -0.3 is 0 Å². The Morgan fingerprint density at radius 3 is 2.74 bits per heavy atom. The smallest absolute Gasteiger partial charge is 0.0744 e. The van der Waals surface area contributed by atoms with Crippen LogP contribution in [0.4, 0.5) is 0 Å². The summed E-state index contributed by atoms with van der Waals surface area (Å²) in [6, 6.07) is 12.9. The van der Waals surface area contributed by atoms with Gasteiger partial charge in [0.2, 0.25) is 0 Å². The third-order valence-electron chi connectivity index (χ3n) is 5.80. The summed E-state index contributed by atoms with van der Waals surface area (Å²) in [4.78, 5) is 9.42. The molecule has 6 rings (SSSR count). The Kier molecular flexibility index (Phi) is 3.09. The number of pyridine rings is 2. The van der Waals surface area contributed by atoms with Crippen molar-refractivity contribution in [2.24, 2.45) is 0 Å². The average molecular weight is 350 g/mol. The van der Waals surface area contributed by atoms with Crippen molar-refractivity contribution in [2.75, 3.05) is 0 Å². The van der Waals surface area contributed by atoms with Gasteiger partial charge in [0.25, 0.3) is 0 Å². The van der Waals surface area contributed by atoms with E-state index in [1.807, 2.05) is 18.6 Å². The molecule has 4 heteroatoms. The predicted octanol–water partition coefficient (Wildman–Crippen LogP) is 5.21. The SMILES string of the molecule is c1cc2ccc(-c3nc4ccc5[nH]ncc5c4c4c3CCCC4)cc2cn1. The number of fused-ring (bicyclic) bond motifs is 6. The van der Waals surface area contributed by atoms with Gasteiger partial charge in [-0.25, -0.2) is 4.98 Å². The first kappa shape index (κ1) is 14.9. The molecule has 27 heavy (non-hydrogen) atoms. The van der Waals surface area contributed by atoms with Gasteiger partial charge in [-0.2, -0.15) is 5.10 Å². The lowest BCUT2D eigenvalue weighted by atomic mass is 9.85. The van der Waals surface area contributed by atoms with Crippen molar-refractivity contribution in [1.29, 1.82) is 0 Å². The molecule has 1 N–H and O–H groups in total. The van der Waals surface area contributed by atoms with Crippen LogP contribution >= 0.6 is 0 Å². The molecule has 0 saturated heterocycles. The van der Waals surface area contributed by atoms with E-state index in [2.05, 4.69) is 51.6 Å². The molecule has 4 nitrogen and oxygen atoms in total. The van der Waals surface area contributed by atoms with E-state index < -0.39 is 0 Å². The van der Waals surface area contributed by atoms with Crippen molar-refractivity contribution in [3.05, 3.63) is 66.1 Å². The summed E-state index contributed by atoms with van der Waals surface area (Å²) in [6.45, 7) is 0. The average Bonchev–Trinajstić information content (AvgIpc) is 3.21. The Labute approximate surface area is 156 Å². The molecule has 3 heterocycles. The van der Waals surface area contributed by atoms with E-state index in [0.717, 1.165) is 35.0 Å². The van der Waals surface area contributed by atoms with E-state index in [-0.39, 0.29) is 0 Å². The van der Waals surface area contributed by atoms with Crippen LogP contribution in [0.3, 0.4) is 0 Å². The predicted molar refractivity (Wildman–Crippen MR) is 109 cm³/mol. The first-order valence-electron chi connectivity index (χ1n) is 9.50. The number of nitrogens with zero attached hydrogens (tertiary/aromatic N) is 3. The number of nitrogens with one attached hydrogen (secondary N) is 1. The summed E-state index contributed by atoms with van der Waals surface area (Å²) < 4.78 is 0. The molecule has 0 spiro atoms. The van der Waals surface area contributed by atoms with Gasteiger partial charge in [0.05, 0.1) is 22.9 Å². The highest BCUT2D eigenvalue weighted by molar-refractivity contribution is 6.07. The standard InChI is InChI=1S/C23H18N4/c1-2-4-18-17(3-1)22-19-13-25-27-20(19)7-8-21(22)26-23(18)15-6-5-14-9-10-24-12-16(14)11-15/h5-13H,1-4H2,(H,25,27). The highest BCUT2D eigenvalue weighted by Crippen LogP contribution is 2.38. The van der Waals surface area contributed by atoms with Crippen molar-refractivity contribution in [2.45, 2.75) is 25.7 Å². The monoisotopic (exact) mass is 350 g/mol. The molecule has 0 saturated carbocycles. The van der Waals surface area contributed by atoms with Crippen LogP contribution < -0.4 is 0 Å². The molecule has 0 bridgehead atoms. The van der Waals surface area contributed by atoms with Gasteiger partial charge in [0, 0.05) is 34.1 Å². The largest absolute Gasteiger partial charge is 0.278 e. The zero-order chi connectivity index (χ0) is 17.8. The number of hydrogen-bond donors (Lipinski definition) is 1. The molecule has 3 aromatic heterocycles. The van der Waals surface area contributed by atoms with E-state index in [0.29, 0.717) is 0 Å². The highest BCUT2D eigenvalue weighted by atomic mass is 15.1. The summed E-state index contributed by atoms with van der Waals surface area (Å²) in [6.07, 6.45) is 10.4. The number of benzene rings is 2. The van der Waals surface area contributed by atoms with Gasteiger partial charge in [-0.05, 0) is 66.5 Å². The fourth-order valence-electron chi connectivity index (χ4n) is 4.52. The van der Waals surface area contributed by atoms with Crippen molar-refractivity contribution < 1.29 is 0 Å². The van der Waals surface area contributed by atoms with Crippen molar-refractivity contribution in [3.8, 4) is 11.3 Å². The number of rotatable bonds is 1. The second kappa shape index (κ2) is 5.61. The Morgan fingerprint density at radius 1 is 0.852 bits per heavy atom. The Balaban J connectivity index is 1.70. The second-order valence-corrected chi connectivity index (χ2v) is 7.35. The van der Waals surface area contributed by atoms with Crippen LogP contribution in [-0.4, -0.2) is 20.2 Å². The van der Waals surface area contributed by atoms with Gasteiger partial charge >= 0.3 is 0 Å². The minimum absolute atomic E-state index is 1.06. The van der Waals surface area contributed by atoms with Gasteiger partial charge in [0.1, 0.15) is 0 Å². The maximum atomic E-state index is 5.13.